The minimum absolute atomic E-state index is 0.628. The molecule has 0 saturated heterocycles. The summed E-state index contributed by atoms with van der Waals surface area (Å²) in [6.45, 7) is 7.75. The Kier molecular flexibility index (Phi) is 5.41. The second-order valence-corrected chi connectivity index (χ2v) is 3.71. The van der Waals surface area contributed by atoms with Gasteiger partial charge in [0.2, 0.25) is 0 Å². The van der Waals surface area contributed by atoms with Gasteiger partial charge >= 0.3 is 0 Å². The van der Waals surface area contributed by atoms with Gasteiger partial charge in [0.1, 0.15) is 17.2 Å². The van der Waals surface area contributed by atoms with Crippen molar-refractivity contribution in [3.05, 3.63) is 12.1 Å². The second kappa shape index (κ2) is 6.59. The molecule has 1 atom stereocenters. The third-order valence-corrected chi connectivity index (χ3v) is 2.56. The Morgan fingerprint density at radius 2 is 1.31 bits per heavy atom. The lowest BCUT2D eigenvalue weighted by molar-refractivity contribution is 0.311. The van der Waals surface area contributed by atoms with Crippen LogP contribution in [0.5, 0.6) is 17.2 Å². The van der Waals surface area contributed by atoms with Crippen molar-refractivity contribution in [2.24, 2.45) is 0 Å². The maximum absolute atomic E-state index is 5.53. The highest BCUT2D eigenvalue weighted by molar-refractivity contribution is 7.28. The predicted octanol–water partition coefficient (Wildman–Crippen LogP) is 2.38. The Balaban J connectivity index is 3.05. The summed E-state index contributed by atoms with van der Waals surface area (Å²) in [6.07, 6.45) is 0. The highest BCUT2D eigenvalue weighted by atomic mass is 31.0. The lowest BCUT2D eigenvalue weighted by Crippen LogP contribution is -2.08. The Bertz CT molecular complexity index is 312. The van der Waals surface area contributed by atoms with Crippen molar-refractivity contribution in [3.63, 3.8) is 0 Å². The summed E-state index contributed by atoms with van der Waals surface area (Å²) in [7, 11) is 2.65. The minimum Gasteiger partial charge on any atom is -0.494 e. The fourth-order valence-corrected chi connectivity index (χ4v) is 1.71. The van der Waals surface area contributed by atoms with Gasteiger partial charge in [0.05, 0.1) is 25.1 Å². The predicted molar refractivity (Wildman–Crippen MR) is 69.3 cm³/mol. The molecule has 0 fully saturated rings. The van der Waals surface area contributed by atoms with E-state index in [4.69, 9.17) is 14.2 Å². The normalized spacial score (nSPS) is 10.0. The van der Waals surface area contributed by atoms with Crippen LogP contribution in [-0.4, -0.2) is 19.8 Å². The first-order valence-corrected chi connectivity index (χ1v) is 6.12. The van der Waals surface area contributed by atoms with Crippen LogP contribution in [-0.2, 0) is 0 Å². The van der Waals surface area contributed by atoms with Crippen LogP contribution in [0.15, 0.2) is 12.1 Å². The maximum atomic E-state index is 5.53. The molecule has 16 heavy (non-hydrogen) atoms. The van der Waals surface area contributed by atoms with Crippen molar-refractivity contribution in [2.45, 2.75) is 20.8 Å². The van der Waals surface area contributed by atoms with Gasteiger partial charge in [-0.05, 0) is 20.8 Å². The van der Waals surface area contributed by atoms with Crippen LogP contribution in [0.4, 0.5) is 0 Å². The number of benzene rings is 1. The first kappa shape index (κ1) is 13.1. The van der Waals surface area contributed by atoms with Gasteiger partial charge in [0, 0.05) is 12.1 Å². The molecule has 0 radical (unpaired) electrons. The largest absolute Gasteiger partial charge is 0.494 e. The van der Waals surface area contributed by atoms with Crippen LogP contribution in [0.1, 0.15) is 20.8 Å². The third-order valence-electron chi connectivity index (χ3n) is 1.99. The van der Waals surface area contributed by atoms with Gasteiger partial charge in [-0.1, -0.05) is 9.24 Å². The molecule has 0 aromatic heterocycles. The molecular formula is C12H19O3P. The first-order valence-electron chi connectivity index (χ1n) is 5.54. The zero-order chi connectivity index (χ0) is 12.0. The van der Waals surface area contributed by atoms with Gasteiger partial charge in [0.15, 0.2) is 0 Å². The molecule has 0 aliphatic rings. The molecule has 1 rings (SSSR count). The minimum atomic E-state index is 0.628. The molecule has 0 aliphatic heterocycles. The molecule has 0 saturated carbocycles. The summed E-state index contributed by atoms with van der Waals surface area (Å²) in [4.78, 5) is 0. The molecule has 0 bridgehead atoms. The fourth-order valence-electron chi connectivity index (χ4n) is 1.38. The van der Waals surface area contributed by atoms with Gasteiger partial charge in [-0.2, -0.15) is 0 Å². The molecule has 0 heterocycles. The van der Waals surface area contributed by atoms with Crippen LogP contribution in [0.2, 0.25) is 0 Å². The summed E-state index contributed by atoms with van der Waals surface area (Å²) in [5.41, 5.74) is 0. The summed E-state index contributed by atoms with van der Waals surface area (Å²) in [5, 5.41) is 0.937. The number of ether oxygens (including phenoxy) is 3. The van der Waals surface area contributed by atoms with Gasteiger partial charge in [-0.15, -0.1) is 0 Å². The Labute approximate surface area is 99.3 Å². The van der Waals surface area contributed by atoms with E-state index in [1.807, 2.05) is 32.9 Å². The summed E-state index contributed by atoms with van der Waals surface area (Å²) < 4.78 is 16.5. The SMILES string of the molecule is CCOc1cc(OCC)c(P)c(OCC)c1. The van der Waals surface area contributed by atoms with E-state index in [-0.39, 0.29) is 0 Å². The second-order valence-electron chi connectivity index (χ2n) is 3.13. The topological polar surface area (TPSA) is 27.7 Å². The molecular weight excluding hydrogens is 223 g/mol. The van der Waals surface area contributed by atoms with Gasteiger partial charge in [0.25, 0.3) is 0 Å². The van der Waals surface area contributed by atoms with E-state index in [2.05, 4.69) is 9.24 Å². The van der Waals surface area contributed by atoms with Gasteiger partial charge < -0.3 is 14.2 Å². The van der Waals surface area contributed by atoms with E-state index in [1.54, 1.807) is 0 Å². The van der Waals surface area contributed by atoms with Gasteiger partial charge in [-0.25, -0.2) is 0 Å². The first-order chi connectivity index (χ1) is 7.72. The lowest BCUT2D eigenvalue weighted by Gasteiger charge is -2.14. The molecule has 1 aromatic rings. The zero-order valence-electron chi connectivity index (χ0n) is 10.1. The highest BCUT2D eigenvalue weighted by Gasteiger charge is 2.09. The fraction of sp³-hybridized carbons (Fsp3) is 0.500. The summed E-state index contributed by atoms with van der Waals surface area (Å²) in [6, 6.07) is 3.77. The number of hydrogen-bond acceptors (Lipinski definition) is 3. The summed E-state index contributed by atoms with van der Waals surface area (Å²) >= 11 is 0. The van der Waals surface area contributed by atoms with Crippen LogP contribution >= 0.6 is 9.24 Å². The molecule has 3 nitrogen and oxygen atoms in total. The van der Waals surface area contributed by atoms with Gasteiger partial charge in [-0.3, -0.25) is 0 Å². The Morgan fingerprint density at radius 1 is 0.875 bits per heavy atom. The van der Waals surface area contributed by atoms with E-state index < -0.39 is 0 Å². The van der Waals surface area contributed by atoms with Crippen molar-refractivity contribution in [1.29, 1.82) is 0 Å². The van der Waals surface area contributed by atoms with Crippen LogP contribution in [0.25, 0.3) is 0 Å². The maximum Gasteiger partial charge on any atom is 0.133 e. The molecule has 0 amide bonds. The monoisotopic (exact) mass is 242 g/mol. The lowest BCUT2D eigenvalue weighted by atomic mass is 10.3. The smallest absolute Gasteiger partial charge is 0.133 e. The van der Waals surface area contributed by atoms with Crippen molar-refractivity contribution < 1.29 is 14.2 Å². The zero-order valence-corrected chi connectivity index (χ0v) is 11.2. The Morgan fingerprint density at radius 3 is 1.69 bits per heavy atom. The molecule has 1 aromatic carbocycles. The van der Waals surface area contributed by atoms with Crippen LogP contribution < -0.4 is 19.5 Å². The summed E-state index contributed by atoms with van der Waals surface area (Å²) in [5.74, 6) is 2.37. The molecule has 0 spiro atoms. The van der Waals surface area contributed by atoms with Crippen molar-refractivity contribution in [1.82, 2.24) is 0 Å². The van der Waals surface area contributed by atoms with Crippen molar-refractivity contribution >= 4 is 14.5 Å². The highest BCUT2D eigenvalue weighted by Crippen LogP contribution is 2.28. The number of hydrogen-bond donors (Lipinski definition) is 0. The van der Waals surface area contributed by atoms with Crippen LogP contribution in [0.3, 0.4) is 0 Å². The van der Waals surface area contributed by atoms with E-state index in [0.29, 0.717) is 19.8 Å². The standard InChI is InChI=1S/C12H19O3P/c1-4-13-9-7-10(14-5-2)12(16)11(8-9)15-6-3/h7-8H,4-6,16H2,1-3H3. The quantitative estimate of drug-likeness (QED) is 0.717. The Hall–Kier alpha value is -0.950. The van der Waals surface area contributed by atoms with E-state index in [0.717, 1.165) is 22.6 Å². The van der Waals surface area contributed by atoms with E-state index in [9.17, 15) is 0 Å². The average molecular weight is 242 g/mol. The van der Waals surface area contributed by atoms with E-state index in [1.165, 1.54) is 0 Å². The molecule has 4 heteroatoms. The van der Waals surface area contributed by atoms with E-state index >= 15 is 0 Å². The molecule has 0 aliphatic carbocycles. The number of rotatable bonds is 6. The third kappa shape index (κ3) is 3.28. The average Bonchev–Trinajstić information content (AvgIpc) is 2.26. The van der Waals surface area contributed by atoms with Crippen molar-refractivity contribution in [2.75, 3.05) is 19.8 Å². The molecule has 1 unspecified atom stereocenters. The van der Waals surface area contributed by atoms with Crippen molar-refractivity contribution in [3.8, 4) is 17.2 Å². The van der Waals surface area contributed by atoms with Crippen LogP contribution in [0, 0.1) is 0 Å². The molecule has 0 N–H and O–H groups in total. The molecule has 90 valence electrons.